The maximum Gasteiger partial charge on any atom is 0.270 e. The van der Waals surface area contributed by atoms with Crippen LogP contribution in [-0.4, -0.2) is 0 Å². The third kappa shape index (κ3) is 1.97. The Hall–Kier alpha value is -1.18. The molecule has 2 heteroatoms. The first kappa shape index (κ1) is 6.93. The van der Waals surface area contributed by atoms with Gasteiger partial charge in [-0.15, -0.1) is 0 Å². The molecule has 1 rings (SSSR count). The van der Waals surface area contributed by atoms with Crippen LogP contribution in [0, 0.1) is 6.07 Å². The molecular formula is C8H5F2. The smallest absolute Gasteiger partial charge is 0.173 e. The van der Waals surface area contributed by atoms with Crippen LogP contribution in [0.3, 0.4) is 0 Å². The van der Waals surface area contributed by atoms with Crippen molar-refractivity contribution in [2.24, 2.45) is 0 Å². The minimum absolute atomic E-state index is 0.499. The summed E-state index contributed by atoms with van der Waals surface area (Å²) in [7, 11) is 0. The first-order valence-electron chi connectivity index (χ1n) is 2.78. The molecule has 0 aromatic heterocycles. The van der Waals surface area contributed by atoms with Crippen molar-refractivity contribution >= 4 is 6.08 Å². The van der Waals surface area contributed by atoms with Crippen LogP contribution in [-0.2, 0) is 0 Å². The van der Waals surface area contributed by atoms with Gasteiger partial charge in [0.25, 0.3) is 6.08 Å². The molecule has 0 spiro atoms. The number of hydrogen-bond acceptors (Lipinski definition) is 0. The molecule has 0 saturated carbocycles. The topological polar surface area (TPSA) is 0 Å². The Labute approximate surface area is 57.8 Å². The van der Waals surface area contributed by atoms with Gasteiger partial charge in [0.1, 0.15) is 0 Å². The number of hydrogen-bond donors (Lipinski definition) is 0. The number of rotatable bonds is 1. The molecule has 0 unspecified atom stereocenters. The predicted molar refractivity (Wildman–Crippen MR) is 35.5 cm³/mol. The van der Waals surface area contributed by atoms with Crippen molar-refractivity contribution in [1.29, 1.82) is 0 Å². The average molecular weight is 139 g/mol. The zero-order valence-electron chi connectivity index (χ0n) is 5.14. The summed E-state index contributed by atoms with van der Waals surface area (Å²) >= 11 is 0. The minimum Gasteiger partial charge on any atom is -0.173 e. The summed E-state index contributed by atoms with van der Waals surface area (Å²) in [5, 5.41) is 0. The summed E-state index contributed by atoms with van der Waals surface area (Å²) in [4.78, 5) is 0. The molecular weight excluding hydrogens is 134 g/mol. The van der Waals surface area contributed by atoms with Gasteiger partial charge in [-0.05, 0) is 11.6 Å². The number of benzene rings is 1. The molecule has 1 aromatic carbocycles. The Kier molecular flexibility index (Phi) is 2.15. The first-order chi connectivity index (χ1) is 4.79. The fourth-order valence-electron chi connectivity index (χ4n) is 0.622. The zero-order chi connectivity index (χ0) is 7.40. The van der Waals surface area contributed by atoms with E-state index in [2.05, 4.69) is 6.07 Å². The molecule has 0 bridgehead atoms. The molecule has 0 heterocycles. The molecule has 0 aliphatic carbocycles. The second-order valence-corrected chi connectivity index (χ2v) is 1.77. The molecule has 0 nitrogen and oxygen atoms in total. The Balaban J connectivity index is 2.87. The van der Waals surface area contributed by atoms with Crippen LogP contribution in [0.5, 0.6) is 0 Å². The largest absolute Gasteiger partial charge is 0.270 e. The third-order valence-corrected chi connectivity index (χ3v) is 1.02. The molecule has 0 aliphatic rings. The van der Waals surface area contributed by atoms with Gasteiger partial charge >= 0.3 is 0 Å². The van der Waals surface area contributed by atoms with E-state index in [1.54, 1.807) is 24.3 Å². The van der Waals surface area contributed by atoms with Crippen LogP contribution in [0.25, 0.3) is 6.08 Å². The molecule has 10 heavy (non-hydrogen) atoms. The van der Waals surface area contributed by atoms with Gasteiger partial charge in [-0.1, -0.05) is 24.3 Å². The van der Waals surface area contributed by atoms with Crippen molar-refractivity contribution in [3.63, 3.8) is 0 Å². The minimum atomic E-state index is -1.67. The highest BCUT2D eigenvalue weighted by molar-refractivity contribution is 5.48. The quantitative estimate of drug-likeness (QED) is 0.561. The Morgan fingerprint density at radius 2 is 1.90 bits per heavy atom. The maximum atomic E-state index is 11.6. The molecule has 1 aromatic rings. The summed E-state index contributed by atoms with van der Waals surface area (Å²) in [6.45, 7) is 0. The highest BCUT2D eigenvalue weighted by Crippen LogP contribution is 2.06. The Bertz CT molecular complexity index is 222. The molecule has 0 saturated heterocycles. The van der Waals surface area contributed by atoms with E-state index < -0.39 is 6.08 Å². The van der Waals surface area contributed by atoms with Crippen molar-refractivity contribution in [1.82, 2.24) is 0 Å². The van der Waals surface area contributed by atoms with Crippen LogP contribution < -0.4 is 0 Å². The van der Waals surface area contributed by atoms with E-state index in [4.69, 9.17) is 0 Å². The van der Waals surface area contributed by atoms with E-state index in [0.717, 1.165) is 6.08 Å². The van der Waals surface area contributed by atoms with E-state index in [-0.39, 0.29) is 0 Å². The van der Waals surface area contributed by atoms with Gasteiger partial charge in [-0.25, -0.2) is 0 Å². The SMILES string of the molecule is FC(F)=Cc1cc[c]cc1. The van der Waals surface area contributed by atoms with Gasteiger partial charge in [0.05, 0.1) is 0 Å². The molecule has 0 atom stereocenters. The van der Waals surface area contributed by atoms with Crippen LogP contribution >= 0.6 is 0 Å². The van der Waals surface area contributed by atoms with Gasteiger partial charge in [0.15, 0.2) is 0 Å². The van der Waals surface area contributed by atoms with E-state index in [1.807, 2.05) is 0 Å². The van der Waals surface area contributed by atoms with Crippen LogP contribution in [0.15, 0.2) is 30.3 Å². The second-order valence-electron chi connectivity index (χ2n) is 1.77. The number of halogens is 2. The normalized spacial score (nSPS) is 9.00. The van der Waals surface area contributed by atoms with Gasteiger partial charge in [-0.2, -0.15) is 8.78 Å². The first-order valence-corrected chi connectivity index (χ1v) is 2.78. The predicted octanol–water partition coefficient (Wildman–Crippen LogP) is 2.72. The fourth-order valence-corrected chi connectivity index (χ4v) is 0.622. The molecule has 0 fully saturated rings. The standard InChI is InChI=1S/C8H5F2/c9-8(10)6-7-4-2-1-3-5-7/h2-6H. The molecule has 51 valence electrons. The van der Waals surface area contributed by atoms with E-state index in [9.17, 15) is 8.78 Å². The lowest BCUT2D eigenvalue weighted by molar-refractivity contribution is 0.429. The van der Waals surface area contributed by atoms with Crippen molar-refractivity contribution < 1.29 is 8.78 Å². The second kappa shape index (κ2) is 3.11. The molecule has 0 N–H and O–H groups in total. The summed E-state index contributed by atoms with van der Waals surface area (Å²) in [5.41, 5.74) is 0.499. The summed E-state index contributed by atoms with van der Waals surface area (Å²) in [5.74, 6) is 0. The van der Waals surface area contributed by atoms with Gasteiger partial charge in [0, 0.05) is 6.08 Å². The highest BCUT2D eigenvalue weighted by atomic mass is 19.3. The van der Waals surface area contributed by atoms with Gasteiger partial charge in [0.2, 0.25) is 0 Å². The van der Waals surface area contributed by atoms with E-state index in [0.29, 0.717) is 5.56 Å². The third-order valence-electron chi connectivity index (χ3n) is 1.02. The lowest BCUT2D eigenvalue weighted by Gasteiger charge is -1.87. The lowest BCUT2D eigenvalue weighted by atomic mass is 10.2. The van der Waals surface area contributed by atoms with Crippen molar-refractivity contribution in [2.75, 3.05) is 0 Å². The van der Waals surface area contributed by atoms with Crippen LogP contribution in [0.1, 0.15) is 5.56 Å². The Morgan fingerprint density at radius 3 is 2.40 bits per heavy atom. The monoisotopic (exact) mass is 139 g/mol. The summed E-state index contributed by atoms with van der Waals surface area (Å²) in [6.07, 6.45) is -0.861. The lowest BCUT2D eigenvalue weighted by Crippen LogP contribution is -1.68. The molecule has 1 radical (unpaired) electrons. The highest BCUT2D eigenvalue weighted by Gasteiger charge is 1.88. The molecule has 0 aliphatic heterocycles. The van der Waals surface area contributed by atoms with Crippen LogP contribution in [0.2, 0.25) is 0 Å². The average Bonchev–Trinajstić information content (AvgIpc) is 1.88. The van der Waals surface area contributed by atoms with Crippen molar-refractivity contribution in [3.05, 3.63) is 42.0 Å². The van der Waals surface area contributed by atoms with E-state index in [1.165, 1.54) is 0 Å². The van der Waals surface area contributed by atoms with Crippen molar-refractivity contribution in [3.8, 4) is 0 Å². The zero-order valence-corrected chi connectivity index (χ0v) is 5.14. The van der Waals surface area contributed by atoms with E-state index >= 15 is 0 Å². The molecule has 0 amide bonds. The summed E-state index contributed by atoms with van der Waals surface area (Å²) in [6, 6.07) is 9.05. The maximum absolute atomic E-state index is 11.6. The van der Waals surface area contributed by atoms with Gasteiger partial charge in [-0.3, -0.25) is 0 Å². The summed E-state index contributed by atoms with van der Waals surface area (Å²) < 4.78 is 23.1. The van der Waals surface area contributed by atoms with Crippen molar-refractivity contribution in [2.45, 2.75) is 0 Å². The fraction of sp³-hybridized carbons (Fsp3) is 0. The van der Waals surface area contributed by atoms with Gasteiger partial charge < -0.3 is 0 Å². The Morgan fingerprint density at radius 1 is 1.30 bits per heavy atom. The van der Waals surface area contributed by atoms with Crippen LogP contribution in [0.4, 0.5) is 8.78 Å².